The van der Waals surface area contributed by atoms with Gasteiger partial charge in [-0.15, -0.1) is 11.6 Å². The molecule has 0 saturated heterocycles. The van der Waals surface area contributed by atoms with Crippen LogP contribution in [0.4, 0.5) is 0 Å². The molecular weight excluding hydrogens is 184 g/mol. The van der Waals surface area contributed by atoms with E-state index < -0.39 is 0 Å². The molecule has 1 aromatic heterocycles. The minimum atomic E-state index is 0.488. The van der Waals surface area contributed by atoms with Crippen LogP contribution in [0.25, 0.3) is 0 Å². The molecule has 1 aliphatic rings. The van der Waals surface area contributed by atoms with Gasteiger partial charge in [-0.1, -0.05) is 12.8 Å². The summed E-state index contributed by atoms with van der Waals surface area (Å²) in [5.74, 6) is 2.07. The van der Waals surface area contributed by atoms with Crippen molar-refractivity contribution in [2.75, 3.05) is 0 Å². The summed E-state index contributed by atoms with van der Waals surface area (Å²) in [6.07, 6.45) is 6.94. The van der Waals surface area contributed by atoms with E-state index >= 15 is 0 Å². The topological polar surface area (TPSA) is 25.8 Å². The summed E-state index contributed by atoms with van der Waals surface area (Å²) in [5, 5.41) is 0. The monoisotopic (exact) mass is 196 g/mol. The first-order valence-corrected chi connectivity index (χ1v) is 5.31. The van der Waals surface area contributed by atoms with Crippen molar-refractivity contribution in [1.82, 2.24) is 9.97 Å². The average Bonchev–Trinajstić information content (AvgIpc) is 2.71. The first kappa shape index (κ1) is 8.95. The molecule has 0 aliphatic heterocycles. The van der Waals surface area contributed by atoms with Gasteiger partial charge in [0.05, 0.1) is 11.6 Å². The van der Waals surface area contributed by atoms with Crippen LogP contribution in [0.5, 0.6) is 0 Å². The first-order chi connectivity index (χ1) is 6.40. The van der Waals surface area contributed by atoms with E-state index in [1.807, 2.05) is 12.3 Å². The summed E-state index contributed by atoms with van der Waals surface area (Å²) in [4.78, 5) is 8.73. The Labute approximate surface area is 83.4 Å². The molecule has 0 radical (unpaired) electrons. The predicted octanol–water partition coefficient (Wildman–Crippen LogP) is 2.87. The normalized spacial score (nSPS) is 17.9. The van der Waals surface area contributed by atoms with E-state index in [0.29, 0.717) is 11.8 Å². The molecule has 0 N–H and O–H groups in total. The fraction of sp³-hybridized carbons (Fsp3) is 0.600. The molecule has 0 amide bonds. The molecule has 0 spiro atoms. The highest BCUT2D eigenvalue weighted by atomic mass is 35.5. The molecule has 1 fully saturated rings. The van der Waals surface area contributed by atoms with E-state index in [0.717, 1.165) is 11.5 Å². The third-order valence-electron chi connectivity index (χ3n) is 2.59. The molecule has 13 heavy (non-hydrogen) atoms. The maximum Gasteiger partial charge on any atom is 0.131 e. The second-order valence-corrected chi connectivity index (χ2v) is 3.79. The van der Waals surface area contributed by atoms with Crippen LogP contribution in [0.2, 0.25) is 0 Å². The lowest BCUT2D eigenvalue weighted by Gasteiger charge is -2.07. The van der Waals surface area contributed by atoms with Crippen molar-refractivity contribution >= 4 is 11.6 Å². The van der Waals surface area contributed by atoms with Gasteiger partial charge in [0.25, 0.3) is 0 Å². The van der Waals surface area contributed by atoms with E-state index in [4.69, 9.17) is 11.6 Å². The van der Waals surface area contributed by atoms with Gasteiger partial charge in [-0.3, -0.25) is 0 Å². The van der Waals surface area contributed by atoms with Crippen LogP contribution in [0, 0.1) is 0 Å². The fourth-order valence-corrected chi connectivity index (χ4v) is 2.02. The summed E-state index contributed by atoms with van der Waals surface area (Å²) in [7, 11) is 0. The molecule has 0 unspecified atom stereocenters. The highest BCUT2D eigenvalue weighted by molar-refractivity contribution is 6.16. The van der Waals surface area contributed by atoms with Crippen molar-refractivity contribution < 1.29 is 0 Å². The maximum absolute atomic E-state index is 5.72. The Morgan fingerprint density at radius 3 is 2.85 bits per heavy atom. The van der Waals surface area contributed by atoms with Crippen molar-refractivity contribution in [3.8, 4) is 0 Å². The summed E-state index contributed by atoms with van der Waals surface area (Å²) in [6.45, 7) is 0. The number of aromatic nitrogens is 2. The van der Waals surface area contributed by atoms with Crippen molar-refractivity contribution in [3.05, 3.63) is 23.8 Å². The number of nitrogens with zero attached hydrogens (tertiary/aromatic N) is 2. The van der Waals surface area contributed by atoms with E-state index in [-0.39, 0.29) is 0 Å². The van der Waals surface area contributed by atoms with Gasteiger partial charge in [0.15, 0.2) is 0 Å². The molecule has 0 atom stereocenters. The highest BCUT2D eigenvalue weighted by Crippen LogP contribution is 2.31. The van der Waals surface area contributed by atoms with Crippen LogP contribution >= 0.6 is 11.6 Å². The quantitative estimate of drug-likeness (QED) is 0.680. The summed E-state index contributed by atoms with van der Waals surface area (Å²) >= 11 is 5.72. The Bertz CT molecular complexity index is 282. The van der Waals surface area contributed by atoms with Crippen LogP contribution in [-0.2, 0) is 5.88 Å². The van der Waals surface area contributed by atoms with E-state index in [1.54, 1.807) is 0 Å². The number of hydrogen-bond acceptors (Lipinski definition) is 2. The number of halogens is 1. The molecule has 0 aromatic carbocycles. The van der Waals surface area contributed by atoms with Gasteiger partial charge in [-0.05, 0) is 18.9 Å². The summed E-state index contributed by atoms with van der Waals surface area (Å²) in [5.41, 5.74) is 0.943. The Morgan fingerprint density at radius 1 is 1.38 bits per heavy atom. The summed E-state index contributed by atoms with van der Waals surface area (Å²) < 4.78 is 0. The standard InChI is InChI=1S/C10H13ClN2/c11-7-9-5-6-12-10(13-9)8-3-1-2-4-8/h5-6,8H,1-4,7H2. The second-order valence-electron chi connectivity index (χ2n) is 3.52. The van der Waals surface area contributed by atoms with Crippen molar-refractivity contribution in [2.45, 2.75) is 37.5 Å². The van der Waals surface area contributed by atoms with E-state index in [9.17, 15) is 0 Å². The first-order valence-electron chi connectivity index (χ1n) is 4.78. The van der Waals surface area contributed by atoms with Crippen molar-refractivity contribution in [3.63, 3.8) is 0 Å². The SMILES string of the molecule is ClCc1ccnc(C2CCCC2)n1. The smallest absolute Gasteiger partial charge is 0.131 e. The van der Waals surface area contributed by atoms with Gasteiger partial charge in [-0.25, -0.2) is 9.97 Å². The zero-order valence-electron chi connectivity index (χ0n) is 7.54. The van der Waals surface area contributed by atoms with E-state index in [1.165, 1.54) is 25.7 Å². The van der Waals surface area contributed by atoms with Crippen LogP contribution in [0.1, 0.15) is 43.1 Å². The van der Waals surface area contributed by atoms with E-state index in [2.05, 4.69) is 9.97 Å². The number of hydrogen-bond donors (Lipinski definition) is 0. The molecule has 2 rings (SSSR count). The van der Waals surface area contributed by atoms with Crippen LogP contribution < -0.4 is 0 Å². The molecule has 1 heterocycles. The molecule has 0 bridgehead atoms. The largest absolute Gasteiger partial charge is 0.241 e. The Kier molecular flexibility index (Phi) is 2.79. The molecule has 70 valence electrons. The van der Waals surface area contributed by atoms with Gasteiger partial charge < -0.3 is 0 Å². The Balaban J connectivity index is 2.18. The number of rotatable bonds is 2. The minimum absolute atomic E-state index is 0.488. The Morgan fingerprint density at radius 2 is 2.15 bits per heavy atom. The van der Waals surface area contributed by atoms with Gasteiger partial charge in [-0.2, -0.15) is 0 Å². The van der Waals surface area contributed by atoms with Gasteiger partial charge >= 0.3 is 0 Å². The van der Waals surface area contributed by atoms with Gasteiger partial charge in [0.1, 0.15) is 5.82 Å². The molecule has 3 heteroatoms. The third kappa shape index (κ3) is 1.99. The van der Waals surface area contributed by atoms with Crippen LogP contribution in [0.3, 0.4) is 0 Å². The zero-order chi connectivity index (χ0) is 9.10. The van der Waals surface area contributed by atoms with Crippen LogP contribution in [-0.4, -0.2) is 9.97 Å². The summed E-state index contributed by atoms with van der Waals surface area (Å²) in [6, 6.07) is 1.88. The second kappa shape index (κ2) is 4.05. The van der Waals surface area contributed by atoms with Gasteiger partial charge in [0, 0.05) is 12.1 Å². The molecule has 1 aliphatic carbocycles. The third-order valence-corrected chi connectivity index (χ3v) is 2.86. The van der Waals surface area contributed by atoms with Crippen molar-refractivity contribution in [1.29, 1.82) is 0 Å². The van der Waals surface area contributed by atoms with Gasteiger partial charge in [0.2, 0.25) is 0 Å². The Hall–Kier alpha value is -0.630. The average molecular weight is 197 g/mol. The molecule has 2 nitrogen and oxygen atoms in total. The maximum atomic E-state index is 5.72. The molecule has 1 saturated carbocycles. The minimum Gasteiger partial charge on any atom is -0.241 e. The molecular formula is C10H13ClN2. The van der Waals surface area contributed by atoms with Crippen LogP contribution in [0.15, 0.2) is 12.3 Å². The molecule has 1 aromatic rings. The zero-order valence-corrected chi connectivity index (χ0v) is 8.30. The van der Waals surface area contributed by atoms with Crippen molar-refractivity contribution in [2.24, 2.45) is 0 Å². The lowest BCUT2D eigenvalue weighted by molar-refractivity contribution is 0.663. The highest BCUT2D eigenvalue weighted by Gasteiger charge is 2.19. The lowest BCUT2D eigenvalue weighted by Crippen LogP contribution is -2.01. The number of alkyl halides is 1. The fourth-order valence-electron chi connectivity index (χ4n) is 1.87. The lowest BCUT2D eigenvalue weighted by atomic mass is 10.1. The predicted molar refractivity (Wildman–Crippen MR) is 52.8 cm³/mol.